The van der Waals surface area contributed by atoms with Crippen molar-refractivity contribution in [1.29, 1.82) is 0 Å². The van der Waals surface area contributed by atoms with Gasteiger partial charge >= 0.3 is 0 Å². The molecule has 1 aromatic heterocycles. The van der Waals surface area contributed by atoms with Crippen molar-refractivity contribution in [1.82, 2.24) is 20.4 Å². The fraction of sp³-hybridized carbons (Fsp3) is 0.500. The standard InChI is InChI=1S/C18H24N4/c1-2-4-14(5-3-1)11-22-12-15-6-7-16(13-22)18(15)19-10-17-8-9-20-21-17/h1-5,8-9,15-16,18-19H,6-7,10-13H2,(H,20,21). The Bertz CT molecular complexity index is 566. The molecule has 2 atom stereocenters. The Morgan fingerprint density at radius 1 is 1.09 bits per heavy atom. The Kier molecular flexibility index (Phi) is 3.95. The van der Waals surface area contributed by atoms with Crippen molar-refractivity contribution in [2.24, 2.45) is 11.8 Å². The van der Waals surface area contributed by atoms with Gasteiger partial charge in [0.1, 0.15) is 0 Å². The van der Waals surface area contributed by atoms with Crippen LogP contribution in [-0.2, 0) is 13.1 Å². The van der Waals surface area contributed by atoms with E-state index in [0.29, 0.717) is 6.04 Å². The summed E-state index contributed by atoms with van der Waals surface area (Å²) in [5.41, 5.74) is 2.62. The molecule has 2 aliphatic rings. The lowest BCUT2D eigenvalue weighted by Crippen LogP contribution is -2.50. The first-order valence-electron chi connectivity index (χ1n) is 8.36. The molecule has 1 saturated heterocycles. The predicted octanol–water partition coefficient (Wildman–Crippen LogP) is 2.41. The predicted molar refractivity (Wildman–Crippen MR) is 87.1 cm³/mol. The number of H-pyrrole nitrogens is 1. The number of fused-ring (bicyclic) bond motifs is 2. The van der Waals surface area contributed by atoms with E-state index in [0.717, 1.165) is 24.9 Å². The molecule has 1 aliphatic carbocycles. The number of benzene rings is 1. The van der Waals surface area contributed by atoms with E-state index in [1.54, 1.807) is 0 Å². The van der Waals surface area contributed by atoms with Crippen molar-refractivity contribution < 1.29 is 0 Å². The Morgan fingerprint density at radius 2 is 1.86 bits per heavy atom. The Balaban J connectivity index is 1.35. The van der Waals surface area contributed by atoms with E-state index in [1.165, 1.54) is 37.2 Å². The zero-order valence-corrected chi connectivity index (χ0v) is 12.9. The topological polar surface area (TPSA) is 44.0 Å². The summed E-state index contributed by atoms with van der Waals surface area (Å²) in [4.78, 5) is 2.64. The summed E-state index contributed by atoms with van der Waals surface area (Å²) < 4.78 is 0. The van der Waals surface area contributed by atoms with Crippen LogP contribution < -0.4 is 5.32 Å². The van der Waals surface area contributed by atoms with E-state index in [1.807, 2.05) is 6.20 Å². The summed E-state index contributed by atoms with van der Waals surface area (Å²) in [6, 6.07) is 13.6. The highest BCUT2D eigenvalue weighted by molar-refractivity contribution is 5.15. The van der Waals surface area contributed by atoms with E-state index in [-0.39, 0.29) is 0 Å². The van der Waals surface area contributed by atoms with Crippen molar-refractivity contribution >= 4 is 0 Å². The third kappa shape index (κ3) is 2.94. The molecule has 22 heavy (non-hydrogen) atoms. The monoisotopic (exact) mass is 296 g/mol. The highest BCUT2D eigenvalue weighted by Gasteiger charge is 2.41. The molecular weight excluding hydrogens is 272 g/mol. The number of hydrogen-bond acceptors (Lipinski definition) is 3. The molecular formula is C18H24N4. The summed E-state index contributed by atoms with van der Waals surface area (Å²) in [5, 5.41) is 10.8. The van der Waals surface area contributed by atoms with Gasteiger partial charge in [0, 0.05) is 44.1 Å². The van der Waals surface area contributed by atoms with Crippen LogP contribution in [-0.4, -0.2) is 34.2 Å². The lowest BCUT2D eigenvalue weighted by atomic mass is 9.91. The fourth-order valence-electron chi connectivity index (χ4n) is 4.23. The number of hydrogen-bond donors (Lipinski definition) is 2. The molecule has 0 radical (unpaired) electrons. The molecule has 0 amide bonds. The minimum absolute atomic E-state index is 0.676. The van der Waals surface area contributed by atoms with Gasteiger partial charge in [0.25, 0.3) is 0 Å². The summed E-state index contributed by atoms with van der Waals surface area (Å²) in [5.74, 6) is 1.59. The highest BCUT2D eigenvalue weighted by Crippen LogP contribution is 2.37. The zero-order chi connectivity index (χ0) is 14.8. The number of aromatic amines is 1. The second-order valence-corrected chi connectivity index (χ2v) is 6.77. The fourth-order valence-corrected chi connectivity index (χ4v) is 4.23. The first-order chi connectivity index (χ1) is 10.9. The molecule has 2 N–H and O–H groups in total. The first-order valence-corrected chi connectivity index (χ1v) is 8.36. The number of piperidine rings is 1. The normalized spacial score (nSPS) is 28.1. The van der Waals surface area contributed by atoms with Crippen LogP contribution in [0.25, 0.3) is 0 Å². The van der Waals surface area contributed by atoms with Gasteiger partial charge in [-0.15, -0.1) is 0 Å². The van der Waals surface area contributed by atoms with Crippen molar-refractivity contribution in [3.63, 3.8) is 0 Å². The summed E-state index contributed by atoms with van der Waals surface area (Å²) >= 11 is 0. The summed E-state index contributed by atoms with van der Waals surface area (Å²) in [7, 11) is 0. The number of nitrogens with one attached hydrogen (secondary N) is 2. The van der Waals surface area contributed by atoms with Crippen LogP contribution in [0.15, 0.2) is 42.6 Å². The van der Waals surface area contributed by atoms with Crippen LogP contribution in [0.5, 0.6) is 0 Å². The van der Waals surface area contributed by atoms with Crippen molar-refractivity contribution in [3.8, 4) is 0 Å². The Labute approximate surface area is 131 Å². The van der Waals surface area contributed by atoms with E-state index >= 15 is 0 Å². The molecule has 2 bridgehead atoms. The van der Waals surface area contributed by atoms with E-state index in [9.17, 15) is 0 Å². The average molecular weight is 296 g/mol. The molecule has 2 heterocycles. The molecule has 4 nitrogen and oxygen atoms in total. The van der Waals surface area contributed by atoms with Gasteiger partial charge in [-0.2, -0.15) is 5.10 Å². The average Bonchev–Trinajstić information content (AvgIpc) is 3.13. The van der Waals surface area contributed by atoms with E-state index < -0.39 is 0 Å². The quantitative estimate of drug-likeness (QED) is 0.890. The number of aromatic nitrogens is 2. The van der Waals surface area contributed by atoms with Crippen molar-refractivity contribution in [2.45, 2.75) is 32.0 Å². The molecule has 2 aromatic rings. The van der Waals surface area contributed by atoms with Crippen LogP contribution >= 0.6 is 0 Å². The molecule has 0 spiro atoms. The molecule has 1 aromatic carbocycles. The van der Waals surface area contributed by atoms with Crippen LogP contribution in [0.3, 0.4) is 0 Å². The largest absolute Gasteiger partial charge is 0.308 e. The second kappa shape index (κ2) is 6.23. The van der Waals surface area contributed by atoms with Gasteiger partial charge in [-0.05, 0) is 36.3 Å². The van der Waals surface area contributed by atoms with Gasteiger partial charge in [0.2, 0.25) is 0 Å². The number of rotatable bonds is 5. The first kappa shape index (κ1) is 14.0. The lowest BCUT2D eigenvalue weighted by molar-refractivity contribution is 0.122. The third-order valence-corrected chi connectivity index (χ3v) is 5.25. The second-order valence-electron chi connectivity index (χ2n) is 6.77. The molecule has 2 unspecified atom stereocenters. The molecule has 4 rings (SSSR count). The van der Waals surface area contributed by atoms with Gasteiger partial charge in [-0.1, -0.05) is 30.3 Å². The Hall–Kier alpha value is -1.65. The van der Waals surface area contributed by atoms with Crippen molar-refractivity contribution in [2.75, 3.05) is 13.1 Å². The Morgan fingerprint density at radius 3 is 2.55 bits per heavy atom. The van der Waals surface area contributed by atoms with Gasteiger partial charge in [0.05, 0.1) is 0 Å². The minimum atomic E-state index is 0.676. The highest BCUT2D eigenvalue weighted by atomic mass is 15.2. The van der Waals surface area contributed by atoms with Crippen LogP contribution in [0.4, 0.5) is 0 Å². The van der Waals surface area contributed by atoms with Crippen molar-refractivity contribution in [3.05, 3.63) is 53.9 Å². The summed E-state index contributed by atoms with van der Waals surface area (Å²) in [6.45, 7) is 4.47. The molecule has 2 fully saturated rings. The van der Waals surface area contributed by atoms with Gasteiger partial charge in [-0.25, -0.2) is 0 Å². The van der Waals surface area contributed by atoms with Gasteiger partial charge in [0.15, 0.2) is 0 Å². The SMILES string of the molecule is c1ccc(CN2CC3CCC(C2)C3NCc2ccn[nH]2)cc1. The maximum atomic E-state index is 4.03. The minimum Gasteiger partial charge on any atom is -0.308 e. The molecule has 4 heteroatoms. The zero-order valence-electron chi connectivity index (χ0n) is 12.9. The van der Waals surface area contributed by atoms with E-state index in [2.05, 4.69) is 56.8 Å². The van der Waals surface area contributed by atoms with Crippen LogP contribution in [0.1, 0.15) is 24.1 Å². The summed E-state index contributed by atoms with van der Waals surface area (Å²) in [6.07, 6.45) is 4.57. The van der Waals surface area contributed by atoms with Crippen LogP contribution in [0.2, 0.25) is 0 Å². The molecule has 1 aliphatic heterocycles. The molecule has 116 valence electrons. The maximum Gasteiger partial charge on any atom is 0.0490 e. The number of nitrogens with zero attached hydrogens (tertiary/aromatic N) is 2. The van der Waals surface area contributed by atoms with E-state index in [4.69, 9.17) is 0 Å². The lowest BCUT2D eigenvalue weighted by Gasteiger charge is -2.38. The third-order valence-electron chi connectivity index (χ3n) is 5.25. The van der Waals surface area contributed by atoms with Crippen LogP contribution in [0, 0.1) is 11.8 Å². The maximum absolute atomic E-state index is 4.03. The number of likely N-dealkylation sites (tertiary alicyclic amines) is 1. The molecule has 1 saturated carbocycles. The van der Waals surface area contributed by atoms with Gasteiger partial charge in [-0.3, -0.25) is 10.00 Å². The van der Waals surface area contributed by atoms with Gasteiger partial charge < -0.3 is 5.32 Å². The smallest absolute Gasteiger partial charge is 0.0490 e.